The van der Waals surface area contributed by atoms with Gasteiger partial charge < -0.3 is 16.2 Å². The second-order valence-corrected chi connectivity index (χ2v) is 4.03. The van der Waals surface area contributed by atoms with E-state index in [-0.39, 0.29) is 17.3 Å². The summed E-state index contributed by atoms with van der Waals surface area (Å²) in [5.74, 6) is -0.789. The summed E-state index contributed by atoms with van der Waals surface area (Å²) in [6.07, 6.45) is -1.84. The van der Waals surface area contributed by atoms with Gasteiger partial charge in [-0.05, 0) is 18.2 Å². The van der Waals surface area contributed by atoms with Gasteiger partial charge in [0.25, 0.3) is 6.02 Å². The second kappa shape index (κ2) is 4.40. The summed E-state index contributed by atoms with van der Waals surface area (Å²) >= 11 is 0. The van der Waals surface area contributed by atoms with Crippen LogP contribution in [0.5, 0.6) is 0 Å². The SMILES string of the molecule is NC1=N[C@](CF)(c2cc(N)ccc2F)[C@H](F)CO1. The molecule has 0 fully saturated rings. The predicted molar refractivity (Wildman–Crippen MR) is 60.9 cm³/mol. The number of nitrogen functional groups attached to an aromatic ring is 1. The summed E-state index contributed by atoms with van der Waals surface area (Å²) in [5.41, 5.74) is 8.72. The Kier molecular flexibility index (Phi) is 3.06. The van der Waals surface area contributed by atoms with E-state index in [1.807, 2.05) is 0 Å². The molecular weight excluding hydrogens is 247 g/mol. The zero-order valence-corrected chi connectivity index (χ0v) is 9.37. The topological polar surface area (TPSA) is 73.6 Å². The number of aliphatic imine (C=N–C) groups is 1. The van der Waals surface area contributed by atoms with Crippen LogP contribution in [0.1, 0.15) is 5.56 Å². The number of nitrogens with zero attached hydrogens (tertiary/aromatic N) is 1. The molecule has 0 unspecified atom stereocenters. The van der Waals surface area contributed by atoms with Crippen molar-refractivity contribution in [2.24, 2.45) is 10.7 Å². The van der Waals surface area contributed by atoms with Crippen molar-refractivity contribution < 1.29 is 17.9 Å². The third kappa shape index (κ3) is 1.85. The highest BCUT2D eigenvalue weighted by molar-refractivity contribution is 5.73. The Bertz CT molecular complexity index is 494. The highest BCUT2D eigenvalue weighted by Gasteiger charge is 2.47. The second-order valence-electron chi connectivity index (χ2n) is 4.03. The zero-order chi connectivity index (χ0) is 13.3. The molecule has 1 aromatic carbocycles. The molecule has 0 spiro atoms. The first-order valence-electron chi connectivity index (χ1n) is 5.23. The third-order valence-corrected chi connectivity index (χ3v) is 2.87. The molecule has 1 aliphatic heterocycles. The van der Waals surface area contributed by atoms with Crippen LogP contribution in [0, 0.1) is 5.82 Å². The van der Waals surface area contributed by atoms with Crippen LogP contribution in [0.25, 0.3) is 0 Å². The van der Waals surface area contributed by atoms with Gasteiger partial charge in [0.05, 0.1) is 0 Å². The quantitative estimate of drug-likeness (QED) is 0.785. The van der Waals surface area contributed by atoms with Crippen molar-refractivity contribution in [1.29, 1.82) is 0 Å². The van der Waals surface area contributed by atoms with Crippen molar-refractivity contribution in [3.63, 3.8) is 0 Å². The Morgan fingerprint density at radius 2 is 2.17 bits per heavy atom. The Labute approximate surface area is 101 Å². The lowest BCUT2D eigenvalue weighted by Gasteiger charge is -2.34. The van der Waals surface area contributed by atoms with Crippen LogP contribution in [-0.4, -0.2) is 25.5 Å². The maximum absolute atomic E-state index is 13.9. The van der Waals surface area contributed by atoms with E-state index in [1.54, 1.807) is 0 Å². The number of rotatable bonds is 2. The monoisotopic (exact) mass is 259 g/mol. The molecular formula is C11H12F3N3O. The van der Waals surface area contributed by atoms with Gasteiger partial charge in [-0.3, -0.25) is 0 Å². The number of anilines is 1. The fourth-order valence-electron chi connectivity index (χ4n) is 1.88. The molecule has 4 N–H and O–H groups in total. The molecule has 2 atom stereocenters. The van der Waals surface area contributed by atoms with Crippen molar-refractivity contribution >= 4 is 11.7 Å². The van der Waals surface area contributed by atoms with Gasteiger partial charge in [0.1, 0.15) is 19.1 Å². The molecule has 4 nitrogen and oxygen atoms in total. The van der Waals surface area contributed by atoms with Crippen LogP contribution in [0.4, 0.5) is 18.9 Å². The maximum Gasteiger partial charge on any atom is 0.283 e. The first kappa shape index (κ1) is 12.5. The molecule has 1 aromatic rings. The van der Waals surface area contributed by atoms with Gasteiger partial charge in [0, 0.05) is 11.3 Å². The summed E-state index contributed by atoms with van der Waals surface area (Å²) < 4.78 is 45.6. The van der Waals surface area contributed by atoms with Gasteiger partial charge in [0.2, 0.25) is 0 Å². The largest absolute Gasteiger partial charge is 0.462 e. The van der Waals surface area contributed by atoms with Gasteiger partial charge in [-0.1, -0.05) is 0 Å². The molecule has 0 aromatic heterocycles. The molecule has 98 valence electrons. The molecule has 0 aliphatic carbocycles. The standard InChI is InChI=1S/C11H12F3N3O/c12-5-11(9(14)4-18-10(16)17-11)7-3-6(15)1-2-8(7)13/h1-3,9H,4-5,15H2,(H2,16,17)/t9-,11-/m1/s1. The summed E-state index contributed by atoms with van der Waals surface area (Å²) in [7, 11) is 0. The van der Waals surface area contributed by atoms with Gasteiger partial charge in [-0.25, -0.2) is 18.2 Å². The van der Waals surface area contributed by atoms with Crippen molar-refractivity contribution in [2.75, 3.05) is 19.0 Å². The molecule has 0 radical (unpaired) electrons. The Morgan fingerprint density at radius 1 is 1.44 bits per heavy atom. The number of benzene rings is 1. The number of hydrogen-bond acceptors (Lipinski definition) is 4. The molecule has 0 bridgehead atoms. The van der Waals surface area contributed by atoms with Gasteiger partial charge in [0.15, 0.2) is 11.7 Å². The van der Waals surface area contributed by atoms with Crippen LogP contribution in [0.3, 0.4) is 0 Å². The lowest BCUT2D eigenvalue weighted by atomic mass is 9.86. The van der Waals surface area contributed by atoms with Crippen LogP contribution >= 0.6 is 0 Å². The molecule has 1 heterocycles. The first-order valence-corrected chi connectivity index (χ1v) is 5.23. The van der Waals surface area contributed by atoms with E-state index < -0.39 is 30.8 Å². The van der Waals surface area contributed by atoms with Gasteiger partial charge in [-0.15, -0.1) is 0 Å². The molecule has 1 aliphatic rings. The number of halogens is 3. The Balaban J connectivity index is 2.62. The van der Waals surface area contributed by atoms with Crippen LogP contribution in [0.15, 0.2) is 23.2 Å². The Hall–Kier alpha value is -1.92. The van der Waals surface area contributed by atoms with E-state index in [1.165, 1.54) is 6.07 Å². The number of ether oxygens (including phenoxy) is 1. The number of alkyl halides is 2. The predicted octanol–water partition coefficient (Wildman–Crippen LogP) is 1.26. The van der Waals surface area contributed by atoms with E-state index in [0.29, 0.717) is 0 Å². The normalized spacial score (nSPS) is 27.5. The lowest BCUT2D eigenvalue weighted by molar-refractivity contribution is 0.0664. The fourth-order valence-corrected chi connectivity index (χ4v) is 1.88. The average Bonchev–Trinajstić information content (AvgIpc) is 2.35. The minimum atomic E-state index is -2.03. The van der Waals surface area contributed by atoms with Crippen molar-refractivity contribution in [1.82, 2.24) is 0 Å². The number of amidine groups is 1. The molecule has 7 heteroatoms. The molecule has 0 amide bonds. The molecule has 0 saturated carbocycles. The fraction of sp³-hybridized carbons (Fsp3) is 0.364. The van der Waals surface area contributed by atoms with E-state index in [9.17, 15) is 13.2 Å². The molecule has 0 saturated heterocycles. The average molecular weight is 259 g/mol. The van der Waals surface area contributed by atoms with E-state index in [2.05, 4.69) is 9.73 Å². The lowest BCUT2D eigenvalue weighted by Crippen LogP contribution is -2.47. The number of nitrogens with two attached hydrogens (primary N) is 2. The van der Waals surface area contributed by atoms with Crippen LogP contribution < -0.4 is 11.5 Å². The molecule has 2 rings (SSSR count). The van der Waals surface area contributed by atoms with Crippen molar-refractivity contribution in [3.8, 4) is 0 Å². The zero-order valence-electron chi connectivity index (χ0n) is 9.37. The van der Waals surface area contributed by atoms with Crippen LogP contribution in [0.2, 0.25) is 0 Å². The summed E-state index contributed by atoms with van der Waals surface area (Å²) in [6.45, 7) is -1.72. The molecule has 18 heavy (non-hydrogen) atoms. The van der Waals surface area contributed by atoms with E-state index in [4.69, 9.17) is 11.5 Å². The smallest absolute Gasteiger partial charge is 0.283 e. The Morgan fingerprint density at radius 3 is 2.83 bits per heavy atom. The highest BCUT2D eigenvalue weighted by atomic mass is 19.1. The first-order chi connectivity index (χ1) is 8.49. The number of hydrogen-bond donors (Lipinski definition) is 2. The highest BCUT2D eigenvalue weighted by Crippen LogP contribution is 2.37. The van der Waals surface area contributed by atoms with Crippen molar-refractivity contribution in [3.05, 3.63) is 29.6 Å². The van der Waals surface area contributed by atoms with E-state index in [0.717, 1.165) is 12.1 Å². The summed E-state index contributed by atoms with van der Waals surface area (Å²) in [5, 5.41) is 0. The maximum atomic E-state index is 13.9. The van der Waals surface area contributed by atoms with Crippen LogP contribution in [-0.2, 0) is 10.3 Å². The minimum Gasteiger partial charge on any atom is -0.462 e. The van der Waals surface area contributed by atoms with Gasteiger partial charge in [-0.2, -0.15) is 0 Å². The van der Waals surface area contributed by atoms with Crippen molar-refractivity contribution in [2.45, 2.75) is 11.7 Å². The van der Waals surface area contributed by atoms with Gasteiger partial charge >= 0.3 is 0 Å². The third-order valence-electron chi connectivity index (χ3n) is 2.87. The summed E-state index contributed by atoms with van der Waals surface area (Å²) in [6, 6.07) is 3.12. The van der Waals surface area contributed by atoms with E-state index >= 15 is 0 Å². The summed E-state index contributed by atoms with van der Waals surface area (Å²) in [4.78, 5) is 3.61. The minimum absolute atomic E-state index is 0.187.